The third kappa shape index (κ3) is 8.83. The molecule has 0 unspecified atom stereocenters. The van der Waals surface area contributed by atoms with E-state index < -0.39 is 0 Å². The van der Waals surface area contributed by atoms with E-state index in [-0.39, 0.29) is 31.9 Å². The quantitative estimate of drug-likeness (QED) is 0.189. The van der Waals surface area contributed by atoms with Crippen molar-refractivity contribution in [1.82, 2.24) is 0 Å². The number of rotatable bonds is 6. The van der Waals surface area contributed by atoms with Crippen molar-refractivity contribution in [3.05, 3.63) is 14.9 Å². The van der Waals surface area contributed by atoms with Crippen LogP contribution in [0.3, 0.4) is 0 Å². The summed E-state index contributed by atoms with van der Waals surface area (Å²) in [6, 6.07) is 0. The second-order valence-electron chi connectivity index (χ2n) is 9.49. The van der Waals surface area contributed by atoms with Crippen LogP contribution in [0.15, 0.2) is 0 Å². The Bertz CT molecular complexity index is 346. The molecule has 2 aliphatic carbocycles. The van der Waals surface area contributed by atoms with E-state index in [4.69, 9.17) is 0 Å². The Morgan fingerprint density at radius 2 is 0.742 bits per heavy atom. The normalized spacial score (nSPS) is 30.8. The maximum Gasteiger partial charge on any atom is 2.00 e. The molecule has 0 aromatic heterocycles. The molecule has 0 radical (unpaired) electrons. The smallest absolute Gasteiger partial charge is 0.358 e. The van der Waals surface area contributed by atoms with Gasteiger partial charge < -0.3 is 14.9 Å². The Morgan fingerprint density at radius 1 is 0.516 bits per heavy atom. The van der Waals surface area contributed by atoms with E-state index in [0.717, 1.165) is 0 Å². The molecule has 0 N–H and O–H groups in total. The molecule has 2 heterocycles. The van der Waals surface area contributed by atoms with Crippen molar-refractivity contribution in [2.75, 3.05) is 0 Å². The van der Waals surface area contributed by atoms with Gasteiger partial charge in [0.25, 0.3) is 0 Å². The van der Waals surface area contributed by atoms with Crippen molar-refractivity contribution in [3.8, 4) is 0 Å². The zero-order valence-corrected chi connectivity index (χ0v) is 25.5. The SMILES string of the molecule is CC.CC[C@H]1C[C@H](CC)P1C1CCCC1.CC[C@H]1C[C@H](CC)P1C1CCCC1.[CH3-].[CH3-].[Fe+2]. The molecule has 188 valence electrons. The Hall–Kier alpha value is 1.38. The van der Waals surface area contributed by atoms with Crippen LogP contribution in [-0.4, -0.2) is 34.0 Å². The molecule has 0 aromatic carbocycles. The molecule has 0 aromatic rings. The van der Waals surface area contributed by atoms with Crippen LogP contribution in [0, 0.1) is 14.9 Å². The van der Waals surface area contributed by atoms with E-state index in [0.29, 0.717) is 15.8 Å². The van der Waals surface area contributed by atoms with Crippen LogP contribution in [0.4, 0.5) is 0 Å². The van der Waals surface area contributed by atoms with Crippen molar-refractivity contribution >= 4 is 15.8 Å². The molecule has 0 amide bonds. The third-order valence-electron chi connectivity index (χ3n) is 8.15. The van der Waals surface area contributed by atoms with Crippen molar-refractivity contribution in [2.45, 2.75) is 165 Å². The third-order valence-corrected chi connectivity index (χ3v) is 16.5. The van der Waals surface area contributed by atoms with E-state index in [1.807, 2.05) is 13.8 Å². The molecule has 31 heavy (non-hydrogen) atoms. The van der Waals surface area contributed by atoms with Gasteiger partial charge in [0.2, 0.25) is 0 Å². The van der Waals surface area contributed by atoms with Gasteiger partial charge in [-0.05, 0) is 98.2 Å². The van der Waals surface area contributed by atoms with E-state index in [1.165, 1.54) is 85.3 Å². The summed E-state index contributed by atoms with van der Waals surface area (Å²) in [5, 5.41) is 0. The van der Waals surface area contributed by atoms with Gasteiger partial charge >= 0.3 is 17.1 Å². The van der Waals surface area contributed by atoms with Crippen molar-refractivity contribution in [3.63, 3.8) is 0 Å². The van der Waals surface area contributed by atoms with Gasteiger partial charge in [0.05, 0.1) is 0 Å². The molecule has 4 fully saturated rings. The zero-order valence-electron chi connectivity index (χ0n) is 22.6. The first-order chi connectivity index (χ1) is 13.7. The van der Waals surface area contributed by atoms with Gasteiger partial charge in [0.15, 0.2) is 0 Å². The summed E-state index contributed by atoms with van der Waals surface area (Å²) in [6.45, 7) is 13.6. The Labute approximate surface area is 212 Å². The summed E-state index contributed by atoms with van der Waals surface area (Å²) in [6.07, 6.45) is 21.5. The maximum absolute atomic E-state index is 2.40. The van der Waals surface area contributed by atoms with Crippen LogP contribution in [0.2, 0.25) is 0 Å². The van der Waals surface area contributed by atoms with Crippen LogP contribution in [0.5, 0.6) is 0 Å². The molecular formula is C28H58FeP2. The molecule has 3 heteroatoms. The second-order valence-corrected chi connectivity index (χ2v) is 15.7. The number of hydrogen-bond acceptors (Lipinski definition) is 0. The fourth-order valence-electron chi connectivity index (χ4n) is 6.54. The van der Waals surface area contributed by atoms with Crippen LogP contribution in [-0.2, 0) is 17.1 Å². The molecule has 4 atom stereocenters. The minimum Gasteiger partial charge on any atom is -0.358 e. The van der Waals surface area contributed by atoms with E-state index >= 15 is 0 Å². The van der Waals surface area contributed by atoms with Gasteiger partial charge in [-0.3, -0.25) is 0 Å². The predicted octanol–water partition coefficient (Wildman–Crippen LogP) is 10.7. The topological polar surface area (TPSA) is 0 Å². The standard InChI is InChI=1S/2C12H23P.C2H6.2CH3.Fe/c2*1-3-10-9-11(4-2)13(10)12-7-5-6-8-12;1-2;;;/h2*10-12H,3-9H2,1-2H3;1-2H3;2*1H3;/q;;;2*-1;+2/t2*10-,11-;;;;/m00..../s1. The molecule has 2 saturated carbocycles. The summed E-state index contributed by atoms with van der Waals surface area (Å²) in [7, 11) is 0.948. The molecule has 2 saturated heterocycles. The molecule has 2 aliphatic heterocycles. The minimum absolute atomic E-state index is 0. The van der Waals surface area contributed by atoms with Crippen LogP contribution >= 0.6 is 15.8 Å². The largest absolute Gasteiger partial charge is 2.00 e. The van der Waals surface area contributed by atoms with Gasteiger partial charge in [0, 0.05) is 0 Å². The first-order valence-electron chi connectivity index (χ1n) is 13.3. The van der Waals surface area contributed by atoms with Crippen LogP contribution in [0.1, 0.15) is 131 Å². The number of hydrogen-bond donors (Lipinski definition) is 0. The predicted molar refractivity (Wildman–Crippen MR) is 148 cm³/mol. The zero-order chi connectivity index (χ0) is 20.5. The van der Waals surface area contributed by atoms with Crippen molar-refractivity contribution in [1.29, 1.82) is 0 Å². The van der Waals surface area contributed by atoms with Gasteiger partial charge in [-0.1, -0.05) is 83.1 Å². The monoisotopic (exact) mass is 512 g/mol. The molecule has 0 bridgehead atoms. The van der Waals surface area contributed by atoms with Gasteiger partial charge in [-0.25, -0.2) is 0 Å². The van der Waals surface area contributed by atoms with Crippen molar-refractivity contribution in [2.24, 2.45) is 0 Å². The van der Waals surface area contributed by atoms with Gasteiger partial charge in [0.1, 0.15) is 0 Å². The average molecular weight is 513 g/mol. The summed E-state index contributed by atoms with van der Waals surface area (Å²) >= 11 is 0. The summed E-state index contributed by atoms with van der Waals surface area (Å²) in [4.78, 5) is 0. The first kappa shape index (κ1) is 34.5. The minimum atomic E-state index is 0. The Morgan fingerprint density at radius 3 is 0.935 bits per heavy atom. The summed E-state index contributed by atoms with van der Waals surface area (Å²) < 4.78 is 0. The first-order valence-corrected chi connectivity index (χ1v) is 16.4. The summed E-state index contributed by atoms with van der Waals surface area (Å²) in [5.41, 5.74) is 7.06. The van der Waals surface area contributed by atoms with E-state index in [2.05, 4.69) is 27.7 Å². The molecule has 0 spiro atoms. The average Bonchev–Trinajstić information content (AvgIpc) is 3.38. The van der Waals surface area contributed by atoms with Crippen LogP contribution in [0.25, 0.3) is 0 Å². The van der Waals surface area contributed by atoms with E-state index in [9.17, 15) is 0 Å². The maximum atomic E-state index is 2.40. The van der Waals surface area contributed by atoms with Crippen LogP contribution < -0.4 is 0 Å². The molecular weight excluding hydrogens is 454 g/mol. The fraction of sp³-hybridized carbons (Fsp3) is 0.929. The molecule has 4 rings (SSSR count). The van der Waals surface area contributed by atoms with Crippen molar-refractivity contribution < 1.29 is 17.1 Å². The molecule has 0 nitrogen and oxygen atoms in total. The summed E-state index contributed by atoms with van der Waals surface area (Å²) in [5.74, 6) is 0. The van der Waals surface area contributed by atoms with E-state index in [1.54, 1.807) is 38.5 Å². The Kier molecular flexibility index (Phi) is 20.8. The Balaban J connectivity index is 0. The molecule has 4 aliphatic rings. The second kappa shape index (κ2) is 18.7. The van der Waals surface area contributed by atoms with Gasteiger partial charge in [-0.15, -0.1) is 0 Å². The fourth-order valence-corrected chi connectivity index (χ4v) is 14.9. The van der Waals surface area contributed by atoms with Gasteiger partial charge in [-0.2, -0.15) is 0 Å².